The molecule has 2 rings (SSSR count). The molecule has 0 amide bonds. The molecule has 0 radical (unpaired) electrons. The van der Waals surface area contributed by atoms with Gasteiger partial charge in [0.2, 0.25) is 0 Å². The number of benzene rings is 2. The van der Waals surface area contributed by atoms with E-state index >= 15 is 0 Å². The molecule has 2 aromatic rings. The minimum absolute atomic E-state index is 0.166. The number of hydrogen-bond donors (Lipinski definition) is 0. The first kappa shape index (κ1) is 13.8. The van der Waals surface area contributed by atoms with Gasteiger partial charge in [0.05, 0.1) is 5.56 Å². The topological polar surface area (TPSA) is 17.1 Å². The van der Waals surface area contributed by atoms with Crippen molar-refractivity contribution in [2.75, 3.05) is 0 Å². The van der Waals surface area contributed by atoms with Crippen molar-refractivity contribution in [3.8, 4) is 0 Å². The Morgan fingerprint density at radius 2 is 1.63 bits per heavy atom. The molecule has 0 spiro atoms. The molecular weight excluding hydrogens is 321 g/mol. The second-order valence-electron chi connectivity index (χ2n) is 3.94. The van der Waals surface area contributed by atoms with Crippen molar-refractivity contribution >= 4 is 21.7 Å². The molecule has 2 aromatic carbocycles. The minimum atomic E-state index is -1.19. The van der Waals surface area contributed by atoms with Crippen molar-refractivity contribution < 1.29 is 18.0 Å². The van der Waals surface area contributed by atoms with E-state index in [4.69, 9.17) is 0 Å². The van der Waals surface area contributed by atoms with Gasteiger partial charge >= 0.3 is 0 Å². The predicted octanol–water partition coefficient (Wildman–Crippen LogP) is 4.29. The molecule has 1 nitrogen and oxygen atoms in total. The van der Waals surface area contributed by atoms with E-state index in [0.29, 0.717) is 22.2 Å². The Labute approximate surface area is 116 Å². The molecule has 0 saturated heterocycles. The van der Waals surface area contributed by atoms with Crippen LogP contribution in [0.4, 0.5) is 13.2 Å². The highest BCUT2D eigenvalue weighted by atomic mass is 79.9. The Bertz CT molecular complexity index is 617. The van der Waals surface area contributed by atoms with E-state index in [2.05, 4.69) is 15.9 Å². The van der Waals surface area contributed by atoms with Gasteiger partial charge in [-0.05, 0) is 11.6 Å². The molecule has 0 saturated carbocycles. The van der Waals surface area contributed by atoms with Crippen LogP contribution in [0.15, 0.2) is 40.9 Å². The second kappa shape index (κ2) is 5.57. The summed E-state index contributed by atoms with van der Waals surface area (Å²) in [7, 11) is 0. The van der Waals surface area contributed by atoms with Crippen LogP contribution in [0.2, 0.25) is 0 Å². The maximum atomic E-state index is 13.5. The number of carbonyl (C=O) groups is 1. The van der Waals surface area contributed by atoms with Gasteiger partial charge < -0.3 is 0 Å². The van der Waals surface area contributed by atoms with Crippen LogP contribution >= 0.6 is 15.9 Å². The molecule has 0 aromatic heterocycles. The fourth-order valence-electron chi connectivity index (χ4n) is 1.71. The maximum absolute atomic E-state index is 13.5. The van der Waals surface area contributed by atoms with E-state index in [0.717, 1.165) is 0 Å². The highest BCUT2D eigenvalue weighted by Crippen LogP contribution is 2.21. The third-order valence-corrected chi connectivity index (χ3v) is 3.37. The summed E-state index contributed by atoms with van der Waals surface area (Å²) in [6.07, 6.45) is -0.166. The summed E-state index contributed by atoms with van der Waals surface area (Å²) < 4.78 is 40.3. The first-order valence-corrected chi connectivity index (χ1v) is 6.19. The molecule has 0 aliphatic heterocycles. The van der Waals surface area contributed by atoms with Crippen molar-refractivity contribution in [1.29, 1.82) is 0 Å². The van der Waals surface area contributed by atoms with Crippen LogP contribution in [0.3, 0.4) is 0 Å². The van der Waals surface area contributed by atoms with E-state index in [-0.39, 0.29) is 6.42 Å². The molecule has 0 aliphatic rings. The van der Waals surface area contributed by atoms with E-state index in [9.17, 15) is 18.0 Å². The van der Waals surface area contributed by atoms with Crippen LogP contribution in [0.25, 0.3) is 0 Å². The zero-order chi connectivity index (χ0) is 14.0. The lowest BCUT2D eigenvalue weighted by Crippen LogP contribution is -2.10. The van der Waals surface area contributed by atoms with Crippen LogP contribution in [-0.4, -0.2) is 5.78 Å². The van der Waals surface area contributed by atoms with Gasteiger partial charge in [-0.1, -0.05) is 34.1 Å². The first-order chi connectivity index (χ1) is 8.99. The smallest absolute Gasteiger partial charge is 0.173 e. The van der Waals surface area contributed by atoms with Gasteiger partial charge in [0.15, 0.2) is 5.78 Å². The van der Waals surface area contributed by atoms with E-state index in [1.807, 2.05) is 0 Å². The Hall–Kier alpha value is -1.62. The molecule has 0 bridgehead atoms. The highest BCUT2D eigenvalue weighted by molar-refractivity contribution is 9.10. The molecule has 19 heavy (non-hydrogen) atoms. The molecule has 0 aliphatic carbocycles. The average molecular weight is 329 g/mol. The number of ketones is 1. The highest BCUT2D eigenvalue weighted by Gasteiger charge is 2.19. The Morgan fingerprint density at radius 3 is 2.21 bits per heavy atom. The molecule has 5 heteroatoms. The molecule has 0 fully saturated rings. The number of hydrogen-bond acceptors (Lipinski definition) is 1. The van der Waals surface area contributed by atoms with Gasteiger partial charge in [-0.15, -0.1) is 0 Å². The van der Waals surface area contributed by atoms with Crippen LogP contribution in [0, 0.1) is 17.5 Å². The molecule has 0 heterocycles. The summed E-state index contributed by atoms with van der Waals surface area (Å²) in [6, 6.07) is 7.86. The molecule has 0 N–H and O–H groups in total. The fourth-order valence-corrected chi connectivity index (χ4v) is 2.14. The van der Waals surface area contributed by atoms with Crippen molar-refractivity contribution in [3.63, 3.8) is 0 Å². The lowest BCUT2D eigenvalue weighted by molar-refractivity contribution is 0.0984. The summed E-state index contributed by atoms with van der Waals surface area (Å²) >= 11 is 3.25. The third kappa shape index (κ3) is 3.04. The Balaban J connectivity index is 2.34. The summed E-state index contributed by atoms with van der Waals surface area (Å²) in [5, 5.41) is 0. The van der Waals surface area contributed by atoms with Gasteiger partial charge in [-0.2, -0.15) is 0 Å². The van der Waals surface area contributed by atoms with Crippen LogP contribution in [0.5, 0.6) is 0 Å². The van der Waals surface area contributed by atoms with Crippen LogP contribution in [-0.2, 0) is 6.42 Å². The van der Waals surface area contributed by atoms with Crippen LogP contribution < -0.4 is 0 Å². The zero-order valence-corrected chi connectivity index (χ0v) is 11.2. The monoisotopic (exact) mass is 328 g/mol. The Morgan fingerprint density at radius 1 is 1.05 bits per heavy atom. The molecule has 98 valence electrons. The molecular formula is C14H8BrF3O. The van der Waals surface area contributed by atoms with E-state index in [1.54, 1.807) is 24.3 Å². The number of Topliss-reactive ketones (excluding diaryl/α,β-unsaturated/α-hetero) is 1. The second-order valence-corrected chi connectivity index (χ2v) is 4.79. The number of halogens is 4. The van der Waals surface area contributed by atoms with Gasteiger partial charge in [-0.3, -0.25) is 4.79 Å². The summed E-state index contributed by atoms with van der Waals surface area (Å²) in [6.45, 7) is 0. The van der Waals surface area contributed by atoms with Crippen molar-refractivity contribution in [3.05, 3.63) is 69.4 Å². The summed E-state index contributed by atoms with van der Waals surface area (Å²) in [5.41, 5.74) is -0.104. The Kier molecular flexibility index (Phi) is 4.04. The fraction of sp³-hybridized carbons (Fsp3) is 0.0714. The first-order valence-electron chi connectivity index (χ1n) is 5.40. The summed E-state index contributed by atoms with van der Waals surface area (Å²) in [5.74, 6) is -4.15. The minimum Gasteiger partial charge on any atom is -0.294 e. The van der Waals surface area contributed by atoms with Crippen LogP contribution in [0.1, 0.15) is 15.9 Å². The average Bonchev–Trinajstić information content (AvgIpc) is 2.30. The van der Waals surface area contributed by atoms with Crippen molar-refractivity contribution in [1.82, 2.24) is 0 Å². The lowest BCUT2D eigenvalue weighted by Gasteiger charge is -2.06. The van der Waals surface area contributed by atoms with E-state index in [1.165, 1.54) is 0 Å². The normalized spacial score (nSPS) is 10.5. The molecule has 0 atom stereocenters. The van der Waals surface area contributed by atoms with Gasteiger partial charge in [0.1, 0.15) is 17.5 Å². The van der Waals surface area contributed by atoms with Gasteiger partial charge in [-0.25, -0.2) is 13.2 Å². The zero-order valence-electron chi connectivity index (χ0n) is 9.59. The largest absolute Gasteiger partial charge is 0.294 e. The van der Waals surface area contributed by atoms with Crippen molar-refractivity contribution in [2.24, 2.45) is 0 Å². The quantitative estimate of drug-likeness (QED) is 0.768. The van der Waals surface area contributed by atoms with E-state index < -0.39 is 28.8 Å². The predicted molar refractivity (Wildman–Crippen MR) is 68.5 cm³/mol. The lowest BCUT2D eigenvalue weighted by atomic mass is 10.0. The van der Waals surface area contributed by atoms with Gasteiger partial charge in [0.25, 0.3) is 0 Å². The standard InChI is InChI=1S/C14H8BrF3O/c15-10-4-2-1-3-8(10)5-13(19)14-11(17)6-9(16)7-12(14)18/h1-4,6-7H,5H2. The third-order valence-electron chi connectivity index (χ3n) is 2.59. The van der Waals surface area contributed by atoms with Crippen molar-refractivity contribution in [2.45, 2.75) is 6.42 Å². The maximum Gasteiger partial charge on any atom is 0.173 e. The number of rotatable bonds is 3. The van der Waals surface area contributed by atoms with Gasteiger partial charge in [0, 0.05) is 23.0 Å². The number of carbonyl (C=O) groups excluding carboxylic acids is 1. The molecule has 0 unspecified atom stereocenters. The SMILES string of the molecule is O=C(Cc1ccccc1Br)c1c(F)cc(F)cc1F. The summed E-state index contributed by atoms with van der Waals surface area (Å²) in [4.78, 5) is 11.9.